The summed E-state index contributed by atoms with van der Waals surface area (Å²) in [6.07, 6.45) is 0. The van der Waals surface area contributed by atoms with Crippen LogP contribution in [-0.4, -0.2) is 9.59 Å². The fourth-order valence-electron chi connectivity index (χ4n) is 1.81. The van der Waals surface area contributed by atoms with Crippen molar-refractivity contribution in [3.63, 3.8) is 0 Å². The molecule has 0 saturated heterocycles. The van der Waals surface area contributed by atoms with Crippen molar-refractivity contribution in [3.05, 3.63) is 46.5 Å². The van der Waals surface area contributed by atoms with E-state index in [-0.39, 0.29) is 0 Å². The lowest BCUT2D eigenvalue weighted by atomic mass is 9.99. The molecule has 0 saturated carbocycles. The largest absolute Gasteiger partial charge is 0.304 e. The fourth-order valence-corrected chi connectivity index (χ4v) is 2.26. The Bertz CT molecular complexity index is 462. The van der Waals surface area contributed by atoms with Gasteiger partial charge in [0, 0.05) is 18.0 Å². The Morgan fingerprint density at radius 2 is 1.78 bits per heavy atom. The van der Waals surface area contributed by atoms with Gasteiger partial charge < -0.3 is 5.32 Å². The Morgan fingerprint density at radius 3 is 2.33 bits per heavy atom. The maximum atomic E-state index is 4.03. The average molecular weight is 261 g/mol. The van der Waals surface area contributed by atoms with Gasteiger partial charge in [-0.2, -0.15) is 0 Å². The zero-order valence-corrected chi connectivity index (χ0v) is 11.9. The van der Waals surface area contributed by atoms with Crippen LogP contribution in [0.3, 0.4) is 0 Å². The zero-order valence-electron chi connectivity index (χ0n) is 11.1. The SMILES string of the molecule is CC(C)c1ccc(C(C)NCc2csnn2)cc1. The number of hydrogen-bond donors (Lipinski definition) is 1. The number of aromatic nitrogens is 2. The lowest BCUT2D eigenvalue weighted by molar-refractivity contribution is 0.567. The van der Waals surface area contributed by atoms with Crippen molar-refractivity contribution in [2.75, 3.05) is 0 Å². The van der Waals surface area contributed by atoms with Gasteiger partial charge in [-0.05, 0) is 35.5 Å². The quantitative estimate of drug-likeness (QED) is 0.895. The van der Waals surface area contributed by atoms with Crippen molar-refractivity contribution in [2.24, 2.45) is 0 Å². The van der Waals surface area contributed by atoms with Crippen LogP contribution >= 0.6 is 11.5 Å². The molecule has 1 atom stereocenters. The molecule has 2 rings (SSSR count). The minimum atomic E-state index is 0.327. The van der Waals surface area contributed by atoms with Crippen molar-refractivity contribution in [3.8, 4) is 0 Å². The van der Waals surface area contributed by atoms with Gasteiger partial charge in [-0.3, -0.25) is 0 Å². The highest BCUT2D eigenvalue weighted by Crippen LogP contribution is 2.18. The molecule has 1 heterocycles. The van der Waals surface area contributed by atoms with E-state index in [4.69, 9.17) is 0 Å². The smallest absolute Gasteiger partial charge is 0.0893 e. The monoisotopic (exact) mass is 261 g/mol. The highest BCUT2D eigenvalue weighted by Gasteiger charge is 2.06. The molecule has 0 aliphatic heterocycles. The first kappa shape index (κ1) is 13.2. The maximum Gasteiger partial charge on any atom is 0.0893 e. The van der Waals surface area contributed by atoms with Crippen LogP contribution in [-0.2, 0) is 6.54 Å². The first-order chi connectivity index (χ1) is 8.66. The molecule has 2 aromatic rings. The molecule has 0 bridgehead atoms. The summed E-state index contributed by atoms with van der Waals surface area (Å²) in [7, 11) is 0. The first-order valence-electron chi connectivity index (χ1n) is 6.26. The first-order valence-corrected chi connectivity index (χ1v) is 7.09. The Hall–Kier alpha value is -1.26. The standard InChI is InChI=1S/C14H19N3S/c1-10(2)12-4-6-13(7-5-12)11(3)15-8-14-9-18-17-16-14/h4-7,9-11,15H,8H2,1-3H3. The fraction of sp³-hybridized carbons (Fsp3) is 0.429. The van der Waals surface area contributed by atoms with Gasteiger partial charge in [0.05, 0.1) is 5.69 Å². The molecule has 0 radical (unpaired) electrons. The molecule has 0 aliphatic carbocycles. The Labute approximate surface area is 112 Å². The Morgan fingerprint density at radius 1 is 1.11 bits per heavy atom. The van der Waals surface area contributed by atoms with E-state index in [1.54, 1.807) is 0 Å². The van der Waals surface area contributed by atoms with Gasteiger partial charge in [0.15, 0.2) is 0 Å². The lowest BCUT2D eigenvalue weighted by Crippen LogP contribution is -2.18. The molecule has 18 heavy (non-hydrogen) atoms. The van der Waals surface area contributed by atoms with Crippen LogP contribution in [0.1, 0.15) is 49.6 Å². The molecule has 1 unspecified atom stereocenters. The van der Waals surface area contributed by atoms with E-state index in [1.165, 1.54) is 22.7 Å². The van der Waals surface area contributed by atoms with E-state index in [0.717, 1.165) is 12.2 Å². The van der Waals surface area contributed by atoms with Gasteiger partial charge in [-0.25, -0.2) is 0 Å². The molecule has 0 spiro atoms. The summed E-state index contributed by atoms with van der Waals surface area (Å²) < 4.78 is 3.86. The average Bonchev–Trinajstić information content (AvgIpc) is 2.89. The third-order valence-corrected chi connectivity index (χ3v) is 3.65. The predicted molar refractivity (Wildman–Crippen MR) is 75.7 cm³/mol. The molecular weight excluding hydrogens is 242 g/mol. The van der Waals surface area contributed by atoms with Gasteiger partial charge in [0.25, 0.3) is 0 Å². The Kier molecular flexibility index (Phi) is 4.44. The third-order valence-electron chi connectivity index (χ3n) is 3.10. The Balaban J connectivity index is 1.94. The maximum absolute atomic E-state index is 4.03. The lowest BCUT2D eigenvalue weighted by Gasteiger charge is -2.14. The van der Waals surface area contributed by atoms with Gasteiger partial charge in [-0.15, -0.1) is 5.10 Å². The van der Waals surface area contributed by atoms with Crippen molar-refractivity contribution in [2.45, 2.75) is 39.3 Å². The number of benzene rings is 1. The number of nitrogens with zero attached hydrogens (tertiary/aromatic N) is 2. The minimum Gasteiger partial charge on any atom is -0.304 e. The second-order valence-electron chi connectivity index (χ2n) is 4.82. The molecule has 1 aromatic carbocycles. The predicted octanol–water partition coefficient (Wildman–Crippen LogP) is 3.51. The van der Waals surface area contributed by atoms with Gasteiger partial charge in [0.2, 0.25) is 0 Å². The van der Waals surface area contributed by atoms with Crippen molar-refractivity contribution >= 4 is 11.5 Å². The summed E-state index contributed by atoms with van der Waals surface area (Å²) in [5.74, 6) is 0.586. The van der Waals surface area contributed by atoms with Crippen molar-refractivity contribution < 1.29 is 0 Å². The summed E-state index contributed by atoms with van der Waals surface area (Å²) in [6, 6.07) is 9.15. The summed E-state index contributed by atoms with van der Waals surface area (Å²) in [6.45, 7) is 7.37. The minimum absolute atomic E-state index is 0.327. The molecule has 96 valence electrons. The van der Waals surface area contributed by atoms with Gasteiger partial charge >= 0.3 is 0 Å². The molecule has 0 amide bonds. The third kappa shape index (κ3) is 3.37. The van der Waals surface area contributed by atoms with E-state index in [1.807, 2.05) is 5.38 Å². The molecule has 3 nitrogen and oxygen atoms in total. The van der Waals surface area contributed by atoms with Crippen LogP contribution in [0.5, 0.6) is 0 Å². The highest BCUT2D eigenvalue weighted by atomic mass is 32.1. The van der Waals surface area contributed by atoms with E-state index >= 15 is 0 Å². The molecular formula is C14H19N3S. The summed E-state index contributed by atoms with van der Waals surface area (Å²) in [5, 5.41) is 9.45. The van der Waals surface area contributed by atoms with Crippen LogP contribution in [0.15, 0.2) is 29.6 Å². The van der Waals surface area contributed by atoms with Crippen molar-refractivity contribution in [1.82, 2.24) is 14.9 Å². The zero-order chi connectivity index (χ0) is 13.0. The van der Waals surface area contributed by atoms with Gasteiger partial charge in [-0.1, -0.05) is 42.6 Å². The normalized spacial score (nSPS) is 12.9. The van der Waals surface area contributed by atoms with Crippen LogP contribution in [0, 0.1) is 0 Å². The topological polar surface area (TPSA) is 37.8 Å². The highest BCUT2D eigenvalue weighted by molar-refractivity contribution is 7.03. The molecule has 4 heteroatoms. The second-order valence-corrected chi connectivity index (χ2v) is 5.43. The second kappa shape index (κ2) is 6.07. The molecule has 1 aromatic heterocycles. The summed E-state index contributed by atoms with van der Waals surface area (Å²) >= 11 is 1.39. The molecule has 0 fully saturated rings. The van der Waals surface area contributed by atoms with E-state index in [9.17, 15) is 0 Å². The van der Waals surface area contributed by atoms with Gasteiger partial charge in [0.1, 0.15) is 0 Å². The van der Waals surface area contributed by atoms with Crippen LogP contribution < -0.4 is 5.32 Å². The summed E-state index contributed by atoms with van der Waals surface area (Å²) in [4.78, 5) is 0. The number of rotatable bonds is 5. The van der Waals surface area contributed by atoms with Crippen LogP contribution in [0.4, 0.5) is 0 Å². The number of nitrogens with one attached hydrogen (secondary N) is 1. The summed E-state index contributed by atoms with van der Waals surface area (Å²) in [5.41, 5.74) is 3.70. The van der Waals surface area contributed by atoms with E-state index < -0.39 is 0 Å². The van der Waals surface area contributed by atoms with E-state index in [2.05, 4.69) is 59.9 Å². The molecule has 1 N–H and O–H groups in total. The van der Waals surface area contributed by atoms with E-state index in [0.29, 0.717) is 12.0 Å². The molecule has 0 aliphatic rings. The van der Waals surface area contributed by atoms with Crippen molar-refractivity contribution in [1.29, 1.82) is 0 Å². The number of hydrogen-bond acceptors (Lipinski definition) is 4. The van der Waals surface area contributed by atoms with Crippen LogP contribution in [0.25, 0.3) is 0 Å². The van der Waals surface area contributed by atoms with Crippen LogP contribution in [0.2, 0.25) is 0 Å².